The fourth-order valence-electron chi connectivity index (χ4n) is 3.10. The molecule has 0 saturated carbocycles. The van der Waals surface area contributed by atoms with Crippen molar-refractivity contribution in [3.8, 4) is 5.75 Å². The quantitative estimate of drug-likeness (QED) is 0.658. The van der Waals surface area contributed by atoms with Crippen molar-refractivity contribution in [3.63, 3.8) is 0 Å². The fraction of sp³-hybridized carbons (Fsp3) is 0.273. The Kier molecular flexibility index (Phi) is 5.31. The Morgan fingerprint density at radius 3 is 2.63 bits per heavy atom. The van der Waals surface area contributed by atoms with Gasteiger partial charge in [-0.25, -0.2) is 4.79 Å². The van der Waals surface area contributed by atoms with Gasteiger partial charge in [-0.3, -0.25) is 4.79 Å². The lowest BCUT2D eigenvalue weighted by atomic mass is 10.0. The van der Waals surface area contributed by atoms with Crippen LogP contribution >= 0.6 is 0 Å². The zero-order chi connectivity index (χ0) is 19.6. The summed E-state index contributed by atoms with van der Waals surface area (Å²) in [5.74, 6) is -0.326. The van der Waals surface area contributed by atoms with Crippen molar-refractivity contribution in [2.45, 2.75) is 40.2 Å². The van der Waals surface area contributed by atoms with Gasteiger partial charge in [-0.1, -0.05) is 23.8 Å². The first kappa shape index (κ1) is 18.7. The van der Waals surface area contributed by atoms with Gasteiger partial charge in [0.05, 0.1) is 0 Å². The van der Waals surface area contributed by atoms with Crippen molar-refractivity contribution in [3.05, 3.63) is 74.6 Å². The molecule has 0 saturated heterocycles. The SMILES string of the molecule is Cc1ccc(C)c(COc2ccc3c(C)c(CCC(=O)O)c(=O)oc3c2)c1. The summed E-state index contributed by atoms with van der Waals surface area (Å²) in [5.41, 5.74) is 4.55. The van der Waals surface area contributed by atoms with Crippen LogP contribution in [0.2, 0.25) is 0 Å². The molecule has 2 aromatic carbocycles. The van der Waals surface area contributed by atoms with Gasteiger partial charge in [0, 0.05) is 23.4 Å². The molecule has 1 N–H and O–H groups in total. The summed E-state index contributed by atoms with van der Waals surface area (Å²) in [6.07, 6.45) is 0.0540. The normalized spacial score (nSPS) is 10.9. The summed E-state index contributed by atoms with van der Waals surface area (Å²) in [7, 11) is 0. The van der Waals surface area contributed by atoms with Crippen molar-refractivity contribution in [2.75, 3.05) is 0 Å². The van der Waals surface area contributed by atoms with Crippen LogP contribution in [0.5, 0.6) is 5.75 Å². The summed E-state index contributed by atoms with van der Waals surface area (Å²) < 4.78 is 11.3. The van der Waals surface area contributed by atoms with Crippen LogP contribution in [0.4, 0.5) is 0 Å². The van der Waals surface area contributed by atoms with Gasteiger partial charge in [0.1, 0.15) is 17.9 Å². The van der Waals surface area contributed by atoms with Gasteiger partial charge < -0.3 is 14.3 Å². The highest BCUT2D eigenvalue weighted by molar-refractivity contribution is 5.82. The smallest absolute Gasteiger partial charge is 0.339 e. The standard InChI is InChI=1S/C22H22O5/c1-13-4-5-14(2)16(10-13)12-26-17-6-7-18-15(3)19(8-9-21(23)24)22(25)27-20(18)11-17/h4-7,10-11H,8-9,12H2,1-3H3,(H,23,24). The number of rotatable bonds is 6. The lowest BCUT2D eigenvalue weighted by Crippen LogP contribution is -2.12. The first-order valence-electron chi connectivity index (χ1n) is 8.82. The molecule has 0 aliphatic carbocycles. The lowest BCUT2D eigenvalue weighted by molar-refractivity contribution is -0.136. The van der Waals surface area contributed by atoms with E-state index in [1.807, 2.05) is 32.9 Å². The van der Waals surface area contributed by atoms with Crippen LogP contribution in [0.1, 0.15) is 34.2 Å². The predicted octanol–water partition coefficient (Wildman–Crippen LogP) is 4.31. The maximum absolute atomic E-state index is 12.2. The Morgan fingerprint density at radius 1 is 1.11 bits per heavy atom. The minimum absolute atomic E-state index is 0.103. The molecule has 27 heavy (non-hydrogen) atoms. The minimum atomic E-state index is -0.941. The van der Waals surface area contributed by atoms with Gasteiger partial charge in [0.25, 0.3) is 0 Å². The van der Waals surface area contributed by atoms with Gasteiger partial charge in [-0.15, -0.1) is 0 Å². The van der Waals surface area contributed by atoms with E-state index in [2.05, 4.69) is 18.2 Å². The summed E-state index contributed by atoms with van der Waals surface area (Å²) >= 11 is 0. The Labute approximate surface area is 157 Å². The molecule has 0 unspecified atom stereocenters. The second-order valence-electron chi connectivity index (χ2n) is 6.76. The molecule has 0 spiro atoms. The molecule has 1 heterocycles. The topological polar surface area (TPSA) is 76.7 Å². The molecule has 140 valence electrons. The van der Waals surface area contributed by atoms with Crippen LogP contribution in [0.25, 0.3) is 11.0 Å². The zero-order valence-corrected chi connectivity index (χ0v) is 15.7. The van der Waals surface area contributed by atoms with Crippen LogP contribution in [0.3, 0.4) is 0 Å². The molecule has 0 aliphatic heterocycles. The monoisotopic (exact) mass is 366 g/mol. The van der Waals surface area contributed by atoms with E-state index in [1.165, 1.54) is 5.56 Å². The first-order chi connectivity index (χ1) is 12.8. The molecular formula is C22H22O5. The summed E-state index contributed by atoms with van der Waals surface area (Å²) in [6, 6.07) is 11.6. The highest BCUT2D eigenvalue weighted by Crippen LogP contribution is 2.25. The molecule has 5 heteroatoms. The van der Waals surface area contributed by atoms with Crippen LogP contribution in [-0.2, 0) is 17.8 Å². The number of ether oxygens (including phenoxy) is 1. The van der Waals surface area contributed by atoms with Crippen molar-refractivity contribution >= 4 is 16.9 Å². The average Bonchev–Trinajstić information content (AvgIpc) is 2.61. The van der Waals surface area contributed by atoms with Gasteiger partial charge in [0.15, 0.2) is 0 Å². The molecule has 0 aliphatic rings. The molecule has 3 aromatic rings. The molecule has 0 radical (unpaired) electrons. The molecule has 0 bridgehead atoms. The second-order valence-corrected chi connectivity index (χ2v) is 6.76. The van der Waals surface area contributed by atoms with Crippen molar-refractivity contribution in [1.29, 1.82) is 0 Å². The maximum Gasteiger partial charge on any atom is 0.339 e. The Balaban J connectivity index is 1.87. The molecule has 1 aromatic heterocycles. The van der Waals surface area contributed by atoms with Crippen LogP contribution in [0.15, 0.2) is 45.6 Å². The molecule has 0 fully saturated rings. The summed E-state index contributed by atoms with van der Waals surface area (Å²) in [4.78, 5) is 23.0. The zero-order valence-electron chi connectivity index (χ0n) is 15.7. The van der Waals surface area contributed by atoms with Crippen molar-refractivity contribution in [1.82, 2.24) is 0 Å². The molecule has 0 amide bonds. The van der Waals surface area contributed by atoms with Crippen LogP contribution in [0, 0.1) is 20.8 Å². The van der Waals surface area contributed by atoms with Crippen molar-refractivity contribution in [2.24, 2.45) is 0 Å². The number of hydrogen-bond acceptors (Lipinski definition) is 4. The Bertz CT molecular complexity index is 1060. The number of fused-ring (bicyclic) bond motifs is 1. The summed E-state index contributed by atoms with van der Waals surface area (Å²) in [6.45, 7) is 6.32. The third kappa shape index (κ3) is 4.19. The lowest BCUT2D eigenvalue weighted by Gasteiger charge is -2.11. The minimum Gasteiger partial charge on any atom is -0.489 e. The fourth-order valence-corrected chi connectivity index (χ4v) is 3.10. The summed E-state index contributed by atoms with van der Waals surface area (Å²) in [5, 5.41) is 9.63. The number of aryl methyl sites for hydroxylation is 3. The third-order valence-corrected chi connectivity index (χ3v) is 4.75. The van der Waals surface area contributed by atoms with E-state index in [9.17, 15) is 9.59 Å². The van der Waals surface area contributed by atoms with E-state index in [1.54, 1.807) is 6.07 Å². The van der Waals surface area contributed by atoms with Gasteiger partial charge in [0.2, 0.25) is 0 Å². The highest BCUT2D eigenvalue weighted by atomic mass is 16.5. The number of carboxylic acids is 1. The number of carbonyl (C=O) groups is 1. The molecule has 0 atom stereocenters. The van der Waals surface area contributed by atoms with Crippen LogP contribution < -0.4 is 10.4 Å². The first-order valence-corrected chi connectivity index (χ1v) is 8.82. The Hall–Kier alpha value is -3.08. The van der Waals surface area contributed by atoms with Gasteiger partial charge in [-0.2, -0.15) is 0 Å². The Morgan fingerprint density at radius 2 is 1.89 bits per heavy atom. The number of benzene rings is 2. The van der Waals surface area contributed by atoms with Gasteiger partial charge >= 0.3 is 11.6 Å². The largest absolute Gasteiger partial charge is 0.489 e. The number of hydrogen-bond donors (Lipinski definition) is 1. The van der Waals surface area contributed by atoms with E-state index in [0.29, 0.717) is 23.5 Å². The number of aliphatic carboxylic acids is 1. The second kappa shape index (κ2) is 7.66. The molecule has 3 rings (SSSR count). The average molecular weight is 366 g/mol. The molecule has 5 nitrogen and oxygen atoms in total. The van der Waals surface area contributed by atoms with Crippen LogP contribution in [-0.4, -0.2) is 11.1 Å². The molecular weight excluding hydrogens is 344 g/mol. The van der Waals surface area contributed by atoms with E-state index < -0.39 is 11.6 Å². The van der Waals surface area contributed by atoms with E-state index >= 15 is 0 Å². The predicted molar refractivity (Wildman–Crippen MR) is 103 cm³/mol. The van der Waals surface area contributed by atoms with Crippen molar-refractivity contribution < 1.29 is 19.1 Å². The maximum atomic E-state index is 12.2. The van der Waals surface area contributed by atoms with E-state index in [4.69, 9.17) is 14.3 Å². The highest BCUT2D eigenvalue weighted by Gasteiger charge is 2.13. The van der Waals surface area contributed by atoms with E-state index in [0.717, 1.165) is 22.1 Å². The van der Waals surface area contributed by atoms with Gasteiger partial charge in [-0.05, 0) is 56.0 Å². The van der Waals surface area contributed by atoms with E-state index in [-0.39, 0.29) is 12.8 Å². The third-order valence-electron chi connectivity index (χ3n) is 4.75. The number of carboxylic acid groups (broad SMARTS) is 1.